The number of rotatable bonds is 9. The predicted octanol–water partition coefficient (Wildman–Crippen LogP) is 4.36. The Kier molecular flexibility index (Phi) is 7.17. The summed E-state index contributed by atoms with van der Waals surface area (Å²) >= 11 is 0. The van der Waals surface area contributed by atoms with E-state index in [0.717, 1.165) is 46.0 Å². The number of nitrogens with two attached hydrogens (primary N) is 2. The van der Waals surface area contributed by atoms with E-state index in [0.29, 0.717) is 25.2 Å². The Balaban J connectivity index is 1.67. The maximum absolute atomic E-state index is 13.3. The fourth-order valence-corrected chi connectivity index (χ4v) is 4.05. The molecular formula is C27H29FN4O. The van der Waals surface area contributed by atoms with Crippen LogP contribution >= 0.6 is 0 Å². The maximum atomic E-state index is 13.3. The van der Waals surface area contributed by atoms with Gasteiger partial charge < -0.3 is 21.8 Å². The first-order chi connectivity index (χ1) is 16.0. The molecule has 6 N–H and O–H groups in total. The van der Waals surface area contributed by atoms with Crippen molar-refractivity contribution in [3.05, 3.63) is 95.4 Å². The van der Waals surface area contributed by atoms with Gasteiger partial charge >= 0.3 is 0 Å². The van der Waals surface area contributed by atoms with Gasteiger partial charge in [-0.15, -0.1) is 0 Å². The minimum Gasteiger partial charge on any atom is -0.350 e. The van der Waals surface area contributed by atoms with E-state index in [4.69, 9.17) is 11.5 Å². The summed E-state index contributed by atoms with van der Waals surface area (Å²) in [6.07, 6.45) is 2.22. The van der Waals surface area contributed by atoms with E-state index in [1.165, 1.54) is 12.1 Å². The van der Waals surface area contributed by atoms with Crippen LogP contribution < -0.4 is 16.8 Å². The molecule has 170 valence electrons. The monoisotopic (exact) mass is 444 g/mol. The van der Waals surface area contributed by atoms with Gasteiger partial charge in [0.15, 0.2) is 0 Å². The van der Waals surface area contributed by atoms with Crippen molar-refractivity contribution in [3.63, 3.8) is 0 Å². The lowest BCUT2D eigenvalue weighted by Crippen LogP contribution is -2.37. The number of H-pyrrole nitrogens is 1. The van der Waals surface area contributed by atoms with E-state index in [2.05, 4.69) is 22.4 Å². The molecule has 1 amide bonds. The highest BCUT2D eigenvalue weighted by Gasteiger charge is 2.19. The zero-order chi connectivity index (χ0) is 23.2. The van der Waals surface area contributed by atoms with Gasteiger partial charge in [0.25, 0.3) is 5.91 Å². The molecule has 0 unspecified atom stereocenters. The van der Waals surface area contributed by atoms with Crippen LogP contribution in [0.4, 0.5) is 4.39 Å². The van der Waals surface area contributed by atoms with Crippen LogP contribution in [0.1, 0.15) is 34.5 Å². The zero-order valence-corrected chi connectivity index (χ0v) is 18.5. The van der Waals surface area contributed by atoms with E-state index in [1.807, 2.05) is 36.4 Å². The standard InChI is InChI=1S/C27H29FN4O/c28-21-11-8-19(9-12-21)20-10-13-23-24(15-18-5-2-1-3-6-18)26(32-25(23)16-20)27(33)31-17-22(30)7-4-14-29/h1-3,5-6,8-13,16,22,32H,4,7,14-15,17,29-30H2,(H,31,33)/t22-/m0/s1. The molecule has 0 spiro atoms. The molecule has 1 heterocycles. The third-order valence-corrected chi connectivity index (χ3v) is 5.84. The van der Waals surface area contributed by atoms with Crippen molar-refractivity contribution in [1.82, 2.24) is 10.3 Å². The van der Waals surface area contributed by atoms with E-state index < -0.39 is 0 Å². The number of amides is 1. The van der Waals surface area contributed by atoms with Gasteiger partial charge in [0.1, 0.15) is 11.5 Å². The Morgan fingerprint density at radius 3 is 2.45 bits per heavy atom. The first-order valence-electron chi connectivity index (χ1n) is 11.2. The smallest absolute Gasteiger partial charge is 0.268 e. The fraction of sp³-hybridized carbons (Fsp3) is 0.222. The predicted molar refractivity (Wildman–Crippen MR) is 132 cm³/mol. The Bertz CT molecular complexity index is 1220. The third-order valence-electron chi connectivity index (χ3n) is 5.84. The Labute approximate surface area is 193 Å². The third kappa shape index (κ3) is 5.48. The highest BCUT2D eigenvalue weighted by Crippen LogP contribution is 2.30. The minimum atomic E-state index is -0.270. The maximum Gasteiger partial charge on any atom is 0.268 e. The molecule has 3 aromatic carbocycles. The number of aromatic amines is 1. The molecule has 0 aliphatic rings. The highest BCUT2D eigenvalue weighted by atomic mass is 19.1. The molecule has 0 aliphatic heterocycles. The van der Waals surface area contributed by atoms with Crippen LogP contribution in [-0.2, 0) is 6.42 Å². The van der Waals surface area contributed by atoms with Crippen LogP contribution in [0.3, 0.4) is 0 Å². The molecule has 1 atom stereocenters. The van der Waals surface area contributed by atoms with E-state index in [-0.39, 0.29) is 17.8 Å². The van der Waals surface area contributed by atoms with Gasteiger partial charge in [-0.25, -0.2) is 4.39 Å². The molecule has 4 rings (SSSR count). The Morgan fingerprint density at radius 2 is 1.73 bits per heavy atom. The topological polar surface area (TPSA) is 96.9 Å². The van der Waals surface area contributed by atoms with Crippen molar-refractivity contribution in [3.8, 4) is 11.1 Å². The largest absolute Gasteiger partial charge is 0.350 e. The number of halogens is 1. The number of carbonyl (C=O) groups excluding carboxylic acids is 1. The second-order valence-corrected chi connectivity index (χ2v) is 8.31. The average molecular weight is 445 g/mol. The molecule has 4 aromatic rings. The summed E-state index contributed by atoms with van der Waals surface area (Å²) in [5.41, 5.74) is 17.0. The number of hydrogen-bond donors (Lipinski definition) is 4. The van der Waals surface area contributed by atoms with Crippen LogP contribution in [-0.4, -0.2) is 30.0 Å². The van der Waals surface area contributed by atoms with Crippen molar-refractivity contribution in [2.75, 3.05) is 13.1 Å². The lowest BCUT2D eigenvalue weighted by atomic mass is 9.99. The average Bonchev–Trinajstić information content (AvgIpc) is 3.20. The quantitative estimate of drug-likeness (QED) is 0.309. The van der Waals surface area contributed by atoms with Crippen LogP contribution in [0.25, 0.3) is 22.0 Å². The molecule has 5 nitrogen and oxygen atoms in total. The number of nitrogens with one attached hydrogen (secondary N) is 2. The molecule has 6 heteroatoms. The van der Waals surface area contributed by atoms with E-state index in [9.17, 15) is 9.18 Å². The Hall–Kier alpha value is -3.48. The number of fused-ring (bicyclic) bond motifs is 1. The van der Waals surface area contributed by atoms with Gasteiger partial charge in [-0.2, -0.15) is 0 Å². The minimum absolute atomic E-state index is 0.135. The molecule has 33 heavy (non-hydrogen) atoms. The molecular weight excluding hydrogens is 415 g/mol. The van der Waals surface area contributed by atoms with Gasteiger partial charge in [0.2, 0.25) is 0 Å². The lowest BCUT2D eigenvalue weighted by molar-refractivity contribution is 0.0945. The molecule has 0 radical (unpaired) electrons. The molecule has 0 saturated heterocycles. The number of aromatic nitrogens is 1. The van der Waals surface area contributed by atoms with Crippen molar-refractivity contribution >= 4 is 16.8 Å². The zero-order valence-electron chi connectivity index (χ0n) is 18.5. The SMILES string of the molecule is NCCC[C@H](N)CNC(=O)c1[nH]c2cc(-c3ccc(F)cc3)ccc2c1Cc1ccccc1. The molecule has 0 saturated carbocycles. The summed E-state index contributed by atoms with van der Waals surface area (Å²) in [6.45, 7) is 0.973. The summed E-state index contributed by atoms with van der Waals surface area (Å²) in [6, 6.07) is 22.3. The van der Waals surface area contributed by atoms with Crippen LogP contribution in [0.2, 0.25) is 0 Å². The fourth-order valence-electron chi connectivity index (χ4n) is 4.05. The lowest BCUT2D eigenvalue weighted by Gasteiger charge is -2.12. The second-order valence-electron chi connectivity index (χ2n) is 8.31. The summed E-state index contributed by atoms with van der Waals surface area (Å²) < 4.78 is 13.3. The van der Waals surface area contributed by atoms with Gasteiger partial charge in [0.05, 0.1) is 0 Å². The number of carbonyl (C=O) groups is 1. The molecule has 1 aromatic heterocycles. The summed E-state index contributed by atoms with van der Waals surface area (Å²) in [5.74, 6) is -0.447. The van der Waals surface area contributed by atoms with Gasteiger partial charge in [-0.3, -0.25) is 4.79 Å². The van der Waals surface area contributed by atoms with Gasteiger partial charge in [-0.1, -0.05) is 54.6 Å². The molecule has 0 bridgehead atoms. The van der Waals surface area contributed by atoms with Crippen LogP contribution in [0.15, 0.2) is 72.8 Å². The van der Waals surface area contributed by atoms with Crippen molar-refractivity contribution in [1.29, 1.82) is 0 Å². The summed E-state index contributed by atoms with van der Waals surface area (Å²) in [5, 5.41) is 3.96. The Morgan fingerprint density at radius 1 is 1.00 bits per heavy atom. The van der Waals surface area contributed by atoms with E-state index >= 15 is 0 Å². The van der Waals surface area contributed by atoms with Gasteiger partial charge in [-0.05, 0) is 59.8 Å². The molecule has 0 fully saturated rings. The molecule has 0 aliphatic carbocycles. The van der Waals surface area contributed by atoms with E-state index in [1.54, 1.807) is 12.1 Å². The highest BCUT2D eigenvalue weighted by molar-refractivity contribution is 6.02. The number of hydrogen-bond acceptors (Lipinski definition) is 3. The van der Waals surface area contributed by atoms with Crippen LogP contribution in [0.5, 0.6) is 0 Å². The summed E-state index contributed by atoms with van der Waals surface area (Å²) in [7, 11) is 0. The first kappa shape index (κ1) is 22.7. The normalized spacial score (nSPS) is 12.1. The second kappa shape index (κ2) is 10.4. The van der Waals surface area contributed by atoms with Crippen molar-refractivity contribution in [2.24, 2.45) is 11.5 Å². The van der Waals surface area contributed by atoms with Gasteiger partial charge in [0, 0.05) is 29.9 Å². The van der Waals surface area contributed by atoms with Crippen molar-refractivity contribution in [2.45, 2.75) is 25.3 Å². The first-order valence-corrected chi connectivity index (χ1v) is 11.2. The van der Waals surface area contributed by atoms with Crippen LogP contribution in [0, 0.1) is 5.82 Å². The van der Waals surface area contributed by atoms with Crippen molar-refractivity contribution < 1.29 is 9.18 Å². The summed E-state index contributed by atoms with van der Waals surface area (Å²) in [4.78, 5) is 16.5. The number of benzene rings is 3.